The lowest BCUT2D eigenvalue weighted by atomic mass is 10.2. The highest BCUT2D eigenvalue weighted by atomic mass is 16.4. The predicted molar refractivity (Wildman–Crippen MR) is 96.9 cm³/mol. The molecular formula is C18H20N4O2. The zero-order valence-electron chi connectivity index (χ0n) is 13.9. The Balaban J connectivity index is 2.12. The molecule has 3 N–H and O–H groups in total. The van der Waals surface area contributed by atoms with Gasteiger partial charge in [0.05, 0.1) is 11.4 Å². The summed E-state index contributed by atoms with van der Waals surface area (Å²) in [5.41, 5.74) is 6.39. The molecule has 0 aromatic heterocycles. The topological polar surface area (TPSA) is 86.1 Å². The van der Waals surface area contributed by atoms with E-state index >= 15 is 0 Å². The van der Waals surface area contributed by atoms with E-state index in [0.29, 0.717) is 5.69 Å². The minimum atomic E-state index is -0.528. The number of hydrogen-bond acceptors (Lipinski definition) is 5. The molecular weight excluding hydrogens is 304 g/mol. The number of rotatable bonds is 5. The smallest absolute Gasteiger partial charge is 0.279 e. The lowest BCUT2D eigenvalue weighted by Gasteiger charge is -2.09. The van der Waals surface area contributed by atoms with Crippen LogP contribution in [0.1, 0.15) is 18.1 Å². The normalized spacial score (nSPS) is 12.0. The van der Waals surface area contributed by atoms with Crippen LogP contribution < -0.4 is 10.7 Å². The summed E-state index contributed by atoms with van der Waals surface area (Å²) in [5.74, 6) is -0.528. The lowest BCUT2D eigenvalue weighted by molar-refractivity contribution is -0.110. The molecule has 0 radical (unpaired) electrons. The highest BCUT2D eigenvalue weighted by Gasteiger charge is 2.17. The van der Waals surface area contributed by atoms with E-state index in [1.54, 1.807) is 13.0 Å². The number of para-hydroxylation sites is 2. The van der Waals surface area contributed by atoms with Gasteiger partial charge in [0.15, 0.2) is 5.71 Å². The zero-order valence-corrected chi connectivity index (χ0v) is 13.9. The summed E-state index contributed by atoms with van der Waals surface area (Å²) in [6.45, 7) is 5.42. The summed E-state index contributed by atoms with van der Waals surface area (Å²) in [6, 6.07) is 15.0. The zero-order chi connectivity index (χ0) is 17.5. The van der Waals surface area contributed by atoms with Gasteiger partial charge >= 0.3 is 0 Å². The van der Waals surface area contributed by atoms with E-state index in [2.05, 4.69) is 21.0 Å². The van der Waals surface area contributed by atoms with Crippen LogP contribution in [0, 0.1) is 13.8 Å². The molecule has 0 saturated carbocycles. The van der Waals surface area contributed by atoms with E-state index in [1.807, 2.05) is 56.3 Å². The second-order valence-corrected chi connectivity index (χ2v) is 5.34. The van der Waals surface area contributed by atoms with Crippen molar-refractivity contribution in [2.45, 2.75) is 20.8 Å². The van der Waals surface area contributed by atoms with E-state index in [9.17, 15) is 10.0 Å². The number of benzene rings is 2. The van der Waals surface area contributed by atoms with Crippen LogP contribution in [0.4, 0.5) is 11.4 Å². The van der Waals surface area contributed by atoms with Crippen LogP contribution in [0.5, 0.6) is 0 Å². The van der Waals surface area contributed by atoms with Crippen LogP contribution in [0.25, 0.3) is 0 Å². The molecule has 0 atom stereocenters. The fourth-order valence-corrected chi connectivity index (χ4v) is 2.07. The van der Waals surface area contributed by atoms with Gasteiger partial charge in [0.2, 0.25) is 0 Å². The van der Waals surface area contributed by atoms with Crippen molar-refractivity contribution in [2.75, 3.05) is 10.7 Å². The lowest BCUT2D eigenvalue weighted by Crippen LogP contribution is -2.29. The van der Waals surface area contributed by atoms with Crippen molar-refractivity contribution in [3.8, 4) is 0 Å². The molecule has 0 aliphatic rings. The number of hydrazone groups is 1. The van der Waals surface area contributed by atoms with E-state index in [-0.39, 0.29) is 11.4 Å². The van der Waals surface area contributed by atoms with Gasteiger partial charge in [0.25, 0.3) is 5.91 Å². The number of anilines is 2. The number of aryl methyl sites for hydroxylation is 2. The van der Waals surface area contributed by atoms with E-state index in [4.69, 9.17) is 0 Å². The molecule has 0 saturated heterocycles. The Morgan fingerprint density at radius 3 is 2.04 bits per heavy atom. The molecule has 1 amide bonds. The maximum absolute atomic E-state index is 12.3. The first kappa shape index (κ1) is 17.2. The summed E-state index contributed by atoms with van der Waals surface area (Å²) in [7, 11) is 0. The minimum Gasteiger partial charge on any atom is -0.410 e. The van der Waals surface area contributed by atoms with Gasteiger partial charge in [-0.2, -0.15) is 5.10 Å². The van der Waals surface area contributed by atoms with Crippen LogP contribution >= 0.6 is 0 Å². The third kappa shape index (κ3) is 4.19. The Bertz CT molecular complexity index is 797. The molecule has 0 fully saturated rings. The molecule has 2 aromatic rings. The summed E-state index contributed by atoms with van der Waals surface area (Å²) < 4.78 is 0. The maximum atomic E-state index is 12.3. The van der Waals surface area contributed by atoms with Gasteiger partial charge in [0.1, 0.15) is 0 Å². The quantitative estimate of drug-likeness (QED) is 0.446. The molecule has 0 spiro atoms. The molecule has 2 rings (SSSR count). The third-order valence-corrected chi connectivity index (χ3v) is 3.54. The molecule has 0 unspecified atom stereocenters. The molecule has 0 heterocycles. The van der Waals surface area contributed by atoms with Gasteiger partial charge in [0, 0.05) is 5.69 Å². The molecule has 0 aliphatic carbocycles. The molecule has 6 nitrogen and oxygen atoms in total. The van der Waals surface area contributed by atoms with Crippen LogP contribution in [0.3, 0.4) is 0 Å². The SMILES string of the molecule is CC(=N\Nc1ccccc1C)/C(=N\O)C(=O)Nc1ccccc1C. The standard InChI is InChI=1S/C18H20N4O2/c1-12-8-4-6-10-15(12)19-18(23)17(22-24)14(3)20-21-16-11-7-5-9-13(16)2/h4-11,21,24H,1-3H3,(H,19,23)/b20-14+,22-17+. The van der Waals surface area contributed by atoms with Gasteiger partial charge in [-0.1, -0.05) is 41.6 Å². The number of amides is 1. The number of nitrogens with zero attached hydrogens (tertiary/aromatic N) is 2. The van der Waals surface area contributed by atoms with Crippen molar-refractivity contribution in [1.82, 2.24) is 0 Å². The van der Waals surface area contributed by atoms with Gasteiger partial charge in [-0.05, 0) is 44.0 Å². The Morgan fingerprint density at radius 1 is 0.958 bits per heavy atom. The van der Waals surface area contributed by atoms with Crippen LogP contribution in [0.2, 0.25) is 0 Å². The number of nitrogens with one attached hydrogen (secondary N) is 2. The molecule has 0 aliphatic heterocycles. The summed E-state index contributed by atoms with van der Waals surface area (Å²) in [4.78, 5) is 12.3. The monoisotopic (exact) mass is 324 g/mol. The predicted octanol–water partition coefficient (Wildman–Crippen LogP) is 3.56. The van der Waals surface area contributed by atoms with E-state index < -0.39 is 5.91 Å². The number of hydrogen-bond donors (Lipinski definition) is 3. The van der Waals surface area contributed by atoms with Crippen LogP contribution in [-0.2, 0) is 4.79 Å². The summed E-state index contributed by atoms with van der Waals surface area (Å²) >= 11 is 0. The highest BCUT2D eigenvalue weighted by Crippen LogP contribution is 2.14. The molecule has 6 heteroatoms. The minimum absolute atomic E-state index is 0.153. The second kappa shape index (κ2) is 7.92. The van der Waals surface area contributed by atoms with Crippen molar-refractivity contribution in [1.29, 1.82) is 0 Å². The molecule has 124 valence electrons. The number of carbonyl (C=O) groups excluding carboxylic acids is 1. The van der Waals surface area contributed by atoms with Crippen molar-refractivity contribution in [3.63, 3.8) is 0 Å². The first-order chi connectivity index (χ1) is 11.5. The third-order valence-electron chi connectivity index (χ3n) is 3.54. The van der Waals surface area contributed by atoms with Gasteiger partial charge in [-0.25, -0.2) is 0 Å². The van der Waals surface area contributed by atoms with E-state index in [1.165, 1.54) is 0 Å². The summed E-state index contributed by atoms with van der Waals surface area (Å²) in [6.07, 6.45) is 0. The van der Waals surface area contributed by atoms with Gasteiger partial charge < -0.3 is 10.5 Å². The Kier molecular flexibility index (Phi) is 5.68. The van der Waals surface area contributed by atoms with Gasteiger partial charge in [-0.3, -0.25) is 10.2 Å². The largest absolute Gasteiger partial charge is 0.410 e. The molecule has 0 bridgehead atoms. The van der Waals surface area contributed by atoms with Crippen molar-refractivity contribution < 1.29 is 10.0 Å². The fraction of sp³-hybridized carbons (Fsp3) is 0.167. The highest BCUT2D eigenvalue weighted by molar-refractivity contribution is 6.68. The Labute approximate surface area is 140 Å². The van der Waals surface area contributed by atoms with Crippen molar-refractivity contribution in [2.24, 2.45) is 10.3 Å². The summed E-state index contributed by atoms with van der Waals surface area (Å²) in [5, 5.41) is 19.1. The first-order valence-electron chi connectivity index (χ1n) is 7.48. The maximum Gasteiger partial charge on any atom is 0.279 e. The second-order valence-electron chi connectivity index (χ2n) is 5.34. The molecule has 2 aromatic carbocycles. The first-order valence-corrected chi connectivity index (χ1v) is 7.48. The Hall–Kier alpha value is -3.15. The fourth-order valence-electron chi connectivity index (χ4n) is 2.07. The van der Waals surface area contributed by atoms with Crippen molar-refractivity contribution in [3.05, 3.63) is 59.7 Å². The average molecular weight is 324 g/mol. The van der Waals surface area contributed by atoms with Crippen molar-refractivity contribution >= 4 is 28.7 Å². The number of oxime groups is 1. The molecule has 24 heavy (non-hydrogen) atoms. The Morgan fingerprint density at radius 2 is 1.50 bits per heavy atom. The van der Waals surface area contributed by atoms with Crippen LogP contribution in [-0.4, -0.2) is 22.5 Å². The number of carbonyl (C=O) groups is 1. The van der Waals surface area contributed by atoms with E-state index in [0.717, 1.165) is 16.8 Å². The van der Waals surface area contributed by atoms with Gasteiger partial charge in [-0.15, -0.1) is 0 Å². The average Bonchev–Trinajstić information content (AvgIpc) is 2.57. The van der Waals surface area contributed by atoms with Crippen LogP contribution in [0.15, 0.2) is 58.8 Å².